The highest BCUT2D eigenvalue weighted by Gasteiger charge is 2.48. The molecule has 1 saturated carbocycles. The summed E-state index contributed by atoms with van der Waals surface area (Å²) < 4.78 is 32.5. The van der Waals surface area contributed by atoms with Crippen LogP contribution in [0.1, 0.15) is 72.6 Å². The van der Waals surface area contributed by atoms with Gasteiger partial charge in [-0.1, -0.05) is 0 Å². The molecule has 1 amide bonds. The summed E-state index contributed by atoms with van der Waals surface area (Å²) in [6.45, 7) is 10.1. The molecule has 0 saturated heterocycles. The van der Waals surface area contributed by atoms with Crippen LogP contribution in [0.4, 0.5) is 4.79 Å². The lowest BCUT2D eigenvalue weighted by Gasteiger charge is -2.37. The number of hydrogen-bond donors (Lipinski definition) is 2. The average molecular weight is 541 g/mol. The van der Waals surface area contributed by atoms with Gasteiger partial charge in [0.2, 0.25) is 1.43 Å². The lowest BCUT2D eigenvalue weighted by atomic mass is 10.1. The van der Waals surface area contributed by atoms with E-state index in [1.807, 2.05) is 0 Å². The Morgan fingerprint density at radius 1 is 1.19 bits per heavy atom. The van der Waals surface area contributed by atoms with E-state index in [1.165, 1.54) is 12.8 Å². The molecular formula is C27H46N3O6P. The van der Waals surface area contributed by atoms with Gasteiger partial charge in [-0.2, -0.15) is 5.26 Å². The van der Waals surface area contributed by atoms with Crippen molar-refractivity contribution in [1.82, 2.24) is 9.99 Å². The minimum absolute atomic E-state index is 0.0325. The minimum atomic E-state index is -1.46. The predicted octanol–water partition coefficient (Wildman–Crippen LogP) is 4.60. The summed E-state index contributed by atoms with van der Waals surface area (Å²) in [4.78, 5) is 12.0. The molecule has 0 aliphatic heterocycles. The van der Waals surface area contributed by atoms with Crippen molar-refractivity contribution in [3.63, 3.8) is 0 Å². The van der Waals surface area contributed by atoms with E-state index < -0.39 is 20.7 Å². The standard InChI is InChI=1S/C27H46N3O6P/c1-21(2)30(22(3)4)37(35-17-9-14-28)36-23(19-31)20-33-16-10-15-29-27(32)34-18-13-26-24-11-7-5-6-8-12-25(24)26/h21-26,31H,7-13,15-20H2,1-4H3,(H,29,32)/t23?,24-,25+,26?,37?/i31D. The summed E-state index contributed by atoms with van der Waals surface area (Å²) in [5.41, 5.74) is 0. The monoisotopic (exact) mass is 540 g/mol. The van der Waals surface area contributed by atoms with E-state index in [0.29, 0.717) is 32.1 Å². The molecular weight excluding hydrogens is 493 g/mol. The van der Waals surface area contributed by atoms with Gasteiger partial charge in [0, 0.05) is 38.1 Å². The molecule has 0 aromatic rings. The normalized spacial score (nSPS) is 22.6. The summed E-state index contributed by atoms with van der Waals surface area (Å²) in [6, 6.07) is 2.42. The van der Waals surface area contributed by atoms with Crippen LogP contribution < -0.4 is 5.32 Å². The number of rotatable bonds is 19. The van der Waals surface area contributed by atoms with Gasteiger partial charge >= 0.3 is 6.09 Å². The van der Waals surface area contributed by atoms with Gasteiger partial charge < -0.3 is 28.9 Å². The van der Waals surface area contributed by atoms with Crippen molar-refractivity contribution in [2.24, 2.45) is 17.8 Å². The van der Waals surface area contributed by atoms with Gasteiger partial charge in [0.15, 0.2) is 0 Å². The van der Waals surface area contributed by atoms with Gasteiger partial charge in [-0.05, 0) is 71.1 Å². The van der Waals surface area contributed by atoms with E-state index in [4.69, 9.17) is 25.2 Å². The third-order valence-corrected chi connectivity index (χ3v) is 8.83. The summed E-state index contributed by atoms with van der Waals surface area (Å²) in [7, 11) is -1.46. The van der Waals surface area contributed by atoms with E-state index in [-0.39, 0.29) is 38.3 Å². The second-order valence-electron chi connectivity index (χ2n) is 10.1. The number of aliphatic hydroxyl groups is 1. The van der Waals surface area contributed by atoms with E-state index in [0.717, 1.165) is 31.1 Å². The molecule has 0 bridgehead atoms. The van der Waals surface area contributed by atoms with Crippen LogP contribution in [-0.2, 0) is 18.5 Å². The third-order valence-electron chi connectivity index (χ3n) is 6.65. The van der Waals surface area contributed by atoms with Crippen LogP contribution in [0.5, 0.6) is 0 Å². The summed E-state index contributed by atoms with van der Waals surface area (Å²) in [5, 5.41) is 16.2. The van der Waals surface area contributed by atoms with Crippen molar-refractivity contribution in [2.75, 3.05) is 39.6 Å². The first-order valence-corrected chi connectivity index (χ1v) is 14.8. The van der Waals surface area contributed by atoms with Gasteiger partial charge in [0.1, 0.15) is 6.10 Å². The highest BCUT2D eigenvalue weighted by molar-refractivity contribution is 7.44. The number of carbonyl (C=O) groups excluding carboxylic acids is 1. The Morgan fingerprint density at radius 2 is 1.89 bits per heavy atom. The topological polar surface area (TPSA) is 113 Å². The first kappa shape index (κ1) is 30.1. The quantitative estimate of drug-likeness (QED) is 0.139. The van der Waals surface area contributed by atoms with Crippen LogP contribution in [0.15, 0.2) is 0 Å². The summed E-state index contributed by atoms with van der Waals surface area (Å²) in [5.74, 6) is 8.65. The Labute approximate surface area is 226 Å². The highest BCUT2D eigenvalue weighted by Crippen LogP contribution is 2.54. The molecule has 2 rings (SSSR count). The number of carbonyl (C=O) groups is 1. The van der Waals surface area contributed by atoms with E-state index in [2.05, 4.69) is 60.7 Å². The summed E-state index contributed by atoms with van der Waals surface area (Å²) >= 11 is 0. The molecule has 10 heteroatoms. The first-order chi connectivity index (χ1) is 18.4. The van der Waals surface area contributed by atoms with Gasteiger partial charge in [0.25, 0.3) is 8.53 Å². The molecule has 2 aliphatic rings. The van der Waals surface area contributed by atoms with Crippen molar-refractivity contribution in [3.05, 3.63) is 0 Å². The van der Waals surface area contributed by atoms with Crippen LogP contribution in [-0.4, -0.2) is 75.1 Å². The fourth-order valence-corrected chi connectivity index (χ4v) is 6.59. The number of hydrogen-bond acceptors (Lipinski definition) is 8. The number of alkyl carbamates (subject to hydrolysis) is 1. The Hall–Kier alpha value is -1.45. The van der Waals surface area contributed by atoms with Gasteiger partial charge in [-0.3, -0.25) is 0 Å². The maximum Gasteiger partial charge on any atom is 0.407 e. The molecule has 2 aliphatic carbocycles. The Kier molecular flexibility index (Phi) is 14.6. The molecule has 0 aromatic carbocycles. The molecule has 0 aromatic heterocycles. The molecule has 0 spiro atoms. The second-order valence-corrected chi connectivity index (χ2v) is 11.5. The van der Waals surface area contributed by atoms with Crippen molar-refractivity contribution in [1.29, 1.82) is 6.69 Å². The number of nitriles is 1. The minimum Gasteiger partial charge on any atom is -0.450 e. The molecule has 37 heavy (non-hydrogen) atoms. The van der Waals surface area contributed by atoms with Crippen LogP contribution in [0, 0.1) is 40.9 Å². The van der Waals surface area contributed by atoms with E-state index in [1.54, 1.807) is 0 Å². The highest BCUT2D eigenvalue weighted by atomic mass is 31.2. The lowest BCUT2D eigenvalue weighted by molar-refractivity contribution is 0.00950. The molecule has 0 radical (unpaired) electrons. The fraction of sp³-hybridized carbons (Fsp3) is 0.852. The average Bonchev–Trinajstić information content (AvgIpc) is 3.49. The SMILES string of the molecule is [2H]OCC(COCCCNC(=O)OCCC1[C@H]2CCC#CCC[C@@H]12)OP(OCCC#N)N(C(C)C)C(C)C. The second kappa shape index (κ2) is 17.9. The van der Waals surface area contributed by atoms with E-state index >= 15 is 0 Å². The Morgan fingerprint density at radius 3 is 2.51 bits per heavy atom. The van der Waals surface area contributed by atoms with Gasteiger partial charge in [0.05, 0.1) is 38.9 Å². The molecule has 5 atom stereocenters. The number of fused-ring (bicyclic) bond motifs is 1. The lowest BCUT2D eigenvalue weighted by Crippen LogP contribution is -2.36. The number of nitrogens with one attached hydrogen (secondary N) is 1. The van der Waals surface area contributed by atoms with E-state index in [9.17, 15) is 4.79 Å². The van der Waals surface area contributed by atoms with Crippen LogP contribution >= 0.6 is 8.53 Å². The Bertz CT molecular complexity index is 761. The third kappa shape index (κ3) is 11.9. The molecule has 0 heterocycles. The smallest absolute Gasteiger partial charge is 0.407 e. The fourth-order valence-electron chi connectivity index (χ4n) is 4.91. The van der Waals surface area contributed by atoms with Crippen LogP contribution in [0.25, 0.3) is 0 Å². The van der Waals surface area contributed by atoms with Crippen molar-refractivity contribution in [3.8, 4) is 17.9 Å². The molecule has 1 fully saturated rings. The zero-order chi connectivity index (χ0) is 27.8. The number of amides is 1. The summed E-state index contributed by atoms with van der Waals surface area (Å²) in [6.07, 6.45) is 5.28. The Balaban J connectivity index is 1.62. The molecule has 3 unspecified atom stereocenters. The molecule has 210 valence electrons. The maximum absolute atomic E-state index is 12.0. The van der Waals surface area contributed by atoms with Crippen molar-refractivity contribution in [2.45, 2.75) is 90.8 Å². The zero-order valence-electron chi connectivity index (χ0n) is 23.9. The van der Waals surface area contributed by atoms with Crippen LogP contribution in [0.3, 0.4) is 0 Å². The predicted molar refractivity (Wildman–Crippen MR) is 143 cm³/mol. The van der Waals surface area contributed by atoms with Gasteiger partial charge in [-0.15, -0.1) is 11.8 Å². The molecule has 9 nitrogen and oxygen atoms in total. The zero-order valence-corrected chi connectivity index (χ0v) is 23.8. The number of ether oxygens (including phenoxy) is 2. The molecule has 2 N–H and O–H groups in total. The first-order valence-electron chi connectivity index (χ1n) is 14.1. The number of nitrogens with zero attached hydrogens (tertiary/aromatic N) is 2. The number of aliphatic hydroxyl groups excluding tert-OH is 1. The van der Waals surface area contributed by atoms with Crippen LogP contribution in [0.2, 0.25) is 0 Å². The van der Waals surface area contributed by atoms with Crippen molar-refractivity contribution < 1.29 is 28.4 Å². The maximum atomic E-state index is 12.0. The van der Waals surface area contributed by atoms with Crippen molar-refractivity contribution >= 4 is 14.6 Å². The van der Waals surface area contributed by atoms with Gasteiger partial charge in [-0.25, -0.2) is 9.46 Å². The largest absolute Gasteiger partial charge is 0.450 e.